The standard InChI is InChI=1S/C22H32O5/c1-19-7-6-14(24)10-13(19)4-5-15-18(19)16(25)11-21(3)20(15,2)8-9-22(21,27)17(26)12-23/h10,15-16,18,23,25,27H,4-9,11-12H2,1-3H3/t15?,16?,18?,19-,20?,21-,22+/m0/s1. The molecule has 7 atom stereocenters. The number of carbonyl (C=O) groups is 2. The zero-order chi connectivity index (χ0) is 19.8. The summed E-state index contributed by atoms with van der Waals surface area (Å²) in [6.45, 7) is 5.63. The van der Waals surface area contributed by atoms with Crippen molar-refractivity contribution in [1.82, 2.24) is 0 Å². The number of hydrogen-bond acceptors (Lipinski definition) is 5. The van der Waals surface area contributed by atoms with Gasteiger partial charge in [0, 0.05) is 11.8 Å². The van der Waals surface area contributed by atoms with Crippen LogP contribution in [0.3, 0.4) is 0 Å². The van der Waals surface area contributed by atoms with Crippen molar-refractivity contribution < 1.29 is 24.9 Å². The molecule has 4 unspecified atom stereocenters. The van der Waals surface area contributed by atoms with Gasteiger partial charge in [-0.1, -0.05) is 26.3 Å². The van der Waals surface area contributed by atoms with Gasteiger partial charge in [0.1, 0.15) is 12.2 Å². The van der Waals surface area contributed by atoms with Gasteiger partial charge >= 0.3 is 0 Å². The van der Waals surface area contributed by atoms with Crippen LogP contribution in [0, 0.1) is 28.1 Å². The molecule has 0 aliphatic heterocycles. The Labute approximate surface area is 160 Å². The Balaban J connectivity index is 1.80. The molecular formula is C22H32O5. The van der Waals surface area contributed by atoms with Crippen molar-refractivity contribution >= 4 is 11.6 Å². The molecule has 0 aromatic rings. The Morgan fingerprint density at radius 3 is 2.56 bits per heavy atom. The zero-order valence-electron chi connectivity index (χ0n) is 16.6. The third-order valence-corrected chi connectivity index (χ3v) is 9.49. The second kappa shape index (κ2) is 5.74. The minimum Gasteiger partial charge on any atom is -0.393 e. The lowest BCUT2D eigenvalue weighted by Crippen LogP contribution is -2.65. The molecule has 4 aliphatic rings. The van der Waals surface area contributed by atoms with Crippen LogP contribution in [0.25, 0.3) is 0 Å². The van der Waals surface area contributed by atoms with E-state index in [9.17, 15) is 24.9 Å². The molecule has 150 valence electrons. The maximum absolute atomic E-state index is 12.5. The van der Waals surface area contributed by atoms with Gasteiger partial charge in [-0.05, 0) is 67.3 Å². The maximum atomic E-state index is 12.5. The SMILES string of the molecule is CC12CC[C@@](O)(C(=O)CO)[C@@]1(C)CC(O)C1C2CCC2=CC(=O)CC[C@@]21C. The van der Waals surface area contributed by atoms with Gasteiger partial charge < -0.3 is 15.3 Å². The number of aliphatic hydroxyl groups is 3. The van der Waals surface area contributed by atoms with E-state index in [1.54, 1.807) is 0 Å². The van der Waals surface area contributed by atoms with Gasteiger partial charge in [-0.3, -0.25) is 9.59 Å². The number of aliphatic hydroxyl groups excluding tert-OH is 2. The van der Waals surface area contributed by atoms with Gasteiger partial charge in [-0.25, -0.2) is 0 Å². The summed E-state index contributed by atoms with van der Waals surface area (Å²) >= 11 is 0. The van der Waals surface area contributed by atoms with Gasteiger partial charge in [0.05, 0.1) is 6.10 Å². The van der Waals surface area contributed by atoms with E-state index in [1.165, 1.54) is 5.57 Å². The van der Waals surface area contributed by atoms with Crippen molar-refractivity contribution in [3.05, 3.63) is 11.6 Å². The van der Waals surface area contributed by atoms with Crippen LogP contribution in [0.15, 0.2) is 11.6 Å². The lowest BCUT2D eigenvalue weighted by Gasteiger charge is -2.64. The molecule has 3 saturated carbocycles. The molecule has 0 radical (unpaired) electrons. The predicted octanol–water partition coefficient (Wildman–Crippen LogP) is 2.17. The van der Waals surface area contributed by atoms with Crippen LogP contribution < -0.4 is 0 Å². The molecule has 0 bridgehead atoms. The number of fused-ring (bicyclic) bond motifs is 5. The molecule has 0 saturated heterocycles. The number of ketones is 2. The Hall–Kier alpha value is -1.04. The molecule has 0 aromatic heterocycles. The number of rotatable bonds is 2. The molecule has 4 aliphatic carbocycles. The van der Waals surface area contributed by atoms with Crippen LogP contribution in [0.2, 0.25) is 0 Å². The summed E-state index contributed by atoms with van der Waals surface area (Å²) in [5, 5.41) is 32.1. The summed E-state index contributed by atoms with van der Waals surface area (Å²) in [4.78, 5) is 24.5. The fraction of sp³-hybridized carbons (Fsp3) is 0.818. The van der Waals surface area contributed by atoms with Crippen LogP contribution >= 0.6 is 0 Å². The molecule has 0 spiro atoms. The largest absolute Gasteiger partial charge is 0.393 e. The van der Waals surface area contributed by atoms with E-state index in [4.69, 9.17) is 0 Å². The van der Waals surface area contributed by atoms with E-state index in [0.717, 1.165) is 19.3 Å². The van der Waals surface area contributed by atoms with Crippen molar-refractivity contribution in [3.63, 3.8) is 0 Å². The highest BCUT2D eigenvalue weighted by Crippen LogP contribution is 2.73. The van der Waals surface area contributed by atoms with Crippen LogP contribution in [0.5, 0.6) is 0 Å². The molecule has 5 nitrogen and oxygen atoms in total. The van der Waals surface area contributed by atoms with E-state index in [-0.39, 0.29) is 28.4 Å². The first-order chi connectivity index (χ1) is 12.5. The summed E-state index contributed by atoms with van der Waals surface area (Å²) in [6, 6.07) is 0. The first-order valence-corrected chi connectivity index (χ1v) is 10.3. The van der Waals surface area contributed by atoms with Gasteiger partial charge in [-0.15, -0.1) is 0 Å². The van der Waals surface area contributed by atoms with E-state index >= 15 is 0 Å². The number of allylic oxidation sites excluding steroid dienone is 1. The maximum Gasteiger partial charge on any atom is 0.190 e. The molecule has 3 fully saturated rings. The lowest BCUT2D eigenvalue weighted by atomic mass is 9.40. The normalized spacial score (nSPS) is 51.9. The number of carbonyl (C=O) groups excluding carboxylic acids is 2. The smallest absolute Gasteiger partial charge is 0.190 e. The van der Waals surface area contributed by atoms with E-state index in [0.29, 0.717) is 25.7 Å². The zero-order valence-corrected chi connectivity index (χ0v) is 16.6. The topological polar surface area (TPSA) is 94.8 Å². The van der Waals surface area contributed by atoms with Crippen molar-refractivity contribution in [1.29, 1.82) is 0 Å². The van der Waals surface area contributed by atoms with Crippen molar-refractivity contribution in [2.45, 2.75) is 77.4 Å². The first kappa shape index (κ1) is 19.3. The van der Waals surface area contributed by atoms with Crippen LogP contribution in [0.4, 0.5) is 0 Å². The summed E-state index contributed by atoms with van der Waals surface area (Å²) in [6.07, 6.45) is 5.58. The Bertz CT molecular complexity index is 728. The quantitative estimate of drug-likeness (QED) is 0.687. The van der Waals surface area contributed by atoms with E-state index in [2.05, 4.69) is 13.8 Å². The molecule has 27 heavy (non-hydrogen) atoms. The second-order valence-electron chi connectivity index (χ2n) is 10.2. The summed E-state index contributed by atoms with van der Waals surface area (Å²) in [5.74, 6) is -0.117. The highest BCUT2D eigenvalue weighted by atomic mass is 16.3. The molecule has 0 heterocycles. The van der Waals surface area contributed by atoms with Gasteiger partial charge in [-0.2, -0.15) is 0 Å². The predicted molar refractivity (Wildman–Crippen MR) is 99.8 cm³/mol. The molecule has 3 N–H and O–H groups in total. The fourth-order valence-corrected chi connectivity index (χ4v) is 7.64. The molecule has 0 aromatic carbocycles. The van der Waals surface area contributed by atoms with Crippen molar-refractivity contribution in [3.8, 4) is 0 Å². The number of hydrogen-bond donors (Lipinski definition) is 3. The van der Waals surface area contributed by atoms with Crippen molar-refractivity contribution in [2.24, 2.45) is 28.1 Å². The molecule has 5 heteroatoms. The average molecular weight is 376 g/mol. The third-order valence-electron chi connectivity index (χ3n) is 9.49. The lowest BCUT2D eigenvalue weighted by molar-refractivity contribution is -0.208. The first-order valence-electron chi connectivity index (χ1n) is 10.3. The van der Waals surface area contributed by atoms with Gasteiger partial charge in [0.15, 0.2) is 11.6 Å². The van der Waals surface area contributed by atoms with Gasteiger partial charge in [0.2, 0.25) is 0 Å². The van der Waals surface area contributed by atoms with Crippen molar-refractivity contribution in [2.75, 3.05) is 6.61 Å². The van der Waals surface area contributed by atoms with Gasteiger partial charge in [0.25, 0.3) is 0 Å². The monoisotopic (exact) mass is 376 g/mol. The Kier molecular flexibility index (Phi) is 4.10. The van der Waals surface area contributed by atoms with Crippen LogP contribution in [-0.2, 0) is 9.59 Å². The molecular weight excluding hydrogens is 344 g/mol. The highest BCUT2D eigenvalue weighted by Gasteiger charge is 2.73. The summed E-state index contributed by atoms with van der Waals surface area (Å²) < 4.78 is 0. The minimum atomic E-state index is -1.58. The van der Waals surface area contributed by atoms with E-state index in [1.807, 2.05) is 13.0 Å². The average Bonchev–Trinajstić information content (AvgIpc) is 2.83. The highest BCUT2D eigenvalue weighted by molar-refractivity contribution is 5.92. The molecule has 0 amide bonds. The Morgan fingerprint density at radius 1 is 1.19 bits per heavy atom. The van der Waals surface area contributed by atoms with Crippen LogP contribution in [-0.4, -0.2) is 45.2 Å². The Morgan fingerprint density at radius 2 is 1.89 bits per heavy atom. The van der Waals surface area contributed by atoms with E-state index < -0.39 is 29.5 Å². The number of Topliss-reactive ketones (excluding diaryl/α,β-unsaturated/α-hetero) is 1. The summed E-state index contributed by atoms with van der Waals surface area (Å²) in [5.41, 5.74) is -1.65. The summed E-state index contributed by atoms with van der Waals surface area (Å²) in [7, 11) is 0. The third kappa shape index (κ3) is 2.16. The second-order valence-corrected chi connectivity index (χ2v) is 10.2. The van der Waals surface area contributed by atoms with Crippen LogP contribution in [0.1, 0.15) is 65.7 Å². The minimum absolute atomic E-state index is 0.0373. The molecule has 4 rings (SSSR count). The fourth-order valence-electron chi connectivity index (χ4n) is 7.64.